The van der Waals surface area contributed by atoms with Crippen LogP contribution in [0.4, 0.5) is 0 Å². The minimum absolute atomic E-state index is 0.358. The van der Waals surface area contributed by atoms with E-state index >= 15 is 0 Å². The van der Waals surface area contributed by atoms with Crippen LogP contribution in [0, 0.1) is 0 Å². The molecule has 0 spiro atoms. The molecular formula is C2H6ClNO2. The van der Waals surface area contributed by atoms with Gasteiger partial charge in [-0.15, -0.1) is 0 Å². The summed E-state index contributed by atoms with van der Waals surface area (Å²) in [6.07, 6.45) is -0.994. The van der Waals surface area contributed by atoms with Gasteiger partial charge in [0.15, 0.2) is 0 Å². The molecule has 1 atom stereocenters. The monoisotopic (exact) mass is 111 g/mol. The largest absolute Gasteiger partial charge is 0.392 e. The second-order valence-corrected chi connectivity index (χ2v) is 1.03. The summed E-state index contributed by atoms with van der Waals surface area (Å²) in [7, 11) is 0. The van der Waals surface area contributed by atoms with E-state index in [9.17, 15) is 0 Å². The number of aliphatic hydroxyl groups is 2. The molecule has 0 aromatic carbocycles. The minimum Gasteiger partial charge on any atom is -0.392 e. The smallest absolute Gasteiger partial charge is 0.141 e. The molecule has 0 unspecified atom stereocenters. The van der Waals surface area contributed by atoms with Gasteiger partial charge in [0.1, 0.15) is 6.23 Å². The number of nitrogens with one attached hydrogen (secondary N) is 1. The molecule has 0 saturated heterocycles. The highest BCUT2D eigenvalue weighted by molar-refractivity contribution is 6.13. The topological polar surface area (TPSA) is 52.5 Å². The van der Waals surface area contributed by atoms with Crippen molar-refractivity contribution in [3.8, 4) is 0 Å². The van der Waals surface area contributed by atoms with E-state index in [0.29, 0.717) is 0 Å². The van der Waals surface area contributed by atoms with Crippen molar-refractivity contribution in [2.75, 3.05) is 6.61 Å². The summed E-state index contributed by atoms with van der Waals surface area (Å²) in [5.74, 6) is 0. The highest BCUT2D eigenvalue weighted by atomic mass is 35.5. The Morgan fingerprint density at radius 2 is 2.33 bits per heavy atom. The second-order valence-electron chi connectivity index (χ2n) is 0.807. The van der Waals surface area contributed by atoms with Gasteiger partial charge in [0, 0.05) is 0 Å². The molecule has 0 aromatic rings. The molecule has 6 heavy (non-hydrogen) atoms. The molecule has 3 nitrogen and oxygen atoms in total. The van der Waals surface area contributed by atoms with Crippen LogP contribution in [0.25, 0.3) is 0 Å². The maximum absolute atomic E-state index is 8.17. The van der Waals surface area contributed by atoms with Crippen LogP contribution in [0.5, 0.6) is 0 Å². The average molecular weight is 112 g/mol. The maximum atomic E-state index is 8.17. The predicted molar refractivity (Wildman–Crippen MR) is 22.1 cm³/mol. The first kappa shape index (κ1) is 6.17. The summed E-state index contributed by atoms with van der Waals surface area (Å²) in [6, 6.07) is 0. The molecule has 0 rings (SSSR count). The van der Waals surface area contributed by atoms with E-state index < -0.39 is 6.23 Å². The lowest BCUT2D eigenvalue weighted by Crippen LogP contribution is -2.23. The predicted octanol–water partition coefficient (Wildman–Crippen LogP) is -0.960. The summed E-state index contributed by atoms with van der Waals surface area (Å²) in [4.78, 5) is 1.89. The Morgan fingerprint density at radius 3 is 2.33 bits per heavy atom. The van der Waals surface area contributed by atoms with Crippen LogP contribution in [0.2, 0.25) is 0 Å². The molecule has 38 valence electrons. The first-order valence-corrected chi connectivity index (χ1v) is 1.84. The van der Waals surface area contributed by atoms with Gasteiger partial charge in [-0.2, -0.15) is 0 Å². The van der Waals surface area contributed by atoms with E-state index in [2.05, 4.69) is 0 Å². The third kappa shape index (κ3) is 2.41. The third-order valence-electron chi connectivity index (χ3n) is 0.299. The molecule has 0 saturated carbocycles. The van der Waals surface area contributed by atoms with Crippen molar-refractivity contribution >= 4 is 11.8 Å². The molecule has 0 aliphatic rings. The van der Waals surface area contributed by atoms with Crippen LogP contribution in [-0.2, 0) is 0 Å². The molecule has 0 fully saturated rings. The van der Waals surface area contributed by atoms with Gasteiger partial charge in [-0.3, -0.25) is 0 Å². The zero-order valence-corrected chi connectivity index (χ0v) is 3.81. The molecule has 0 bridgehead atoms. The zero-order chi connectivity index (χ0) is 4.99. The Morgan fingerprint density at radius 1 is 1.83 bits per heavy atom. The Hall–Kier alpha value is 0.170. The van der Waals surface area contributed by atoms with Crippen LogP contribution in [0.15, 0.2) is 0 Å². The Bertz CT molecular complexity index is 30.7. The molecular weight excluding hydrogens is 105 g/mol. The van der Waals surface area contributed by atoms with E-state index in [1.54, 1.807) is 0 Å². The fourth-order valence-electron chi connectivity index (χ4n) is 0.0345. The number of hydrogen-bond acceptors (Lipinski definition) is 3. The van der Waals surface area contributed by atoms with Gasteiger partial charge in [0.25, 0.3) is 0 Å². The number of aliphatic hydroxyl groups excluding tert-OH is 2. The summed E-state index contributed by atoms with van der Waals surface area (Å²) in [6.45, 7) is -0.358. The van der Waals surface area contributed by atoms with Gasteiger partial charge < -0.3 is 10.2 Å². The standard InChI is InChI=1S/C2H6ClNO2/c3-4-2(6)1-5/h2,4-6H,1H2/t2-/m1/s1. The Labute approximate surface area is 40.7 Å². The molecule has 0 heterocycles. The van der Waals surface area contributed by atoms with Crippen molar-refractivity contribution in [1.82, 2.24) is 4.84 Å². The van der Waals surface area contributed by atoms with Crippen molar-refractivity contribution < 1.29 is 10.2 Å². The van der Waals surface area contributed by atoms with E-state index in [1.807, 2.05) is 4.84 Å². The van der Waals surface area contributed by atoms with Crippen LogP contribution >= 0.6 is 11.8 Å². The normalized spacial score (nSPS) is 14.5. The van der Waals surface area contributed by atoms with E-state index in [4.69, 9.17) is 22.0 Å². The lowest BCUT2D eigenvalue weighted by atomic mass is 10.7. The lowest BCUT2D eigenvalue weighted by molar-refractivity contribution is 0.0875. The number of rotatable bonds is 2. The van der Waals surface area contributed by atoms with Crippen molar-refractivity contribution in [3.05, 3.63) is 0 Å². The third-order valence-corrected chi connectivity index (χ3v) is 0.551. The molecule has 3 N–H and O–H groups in total. The number of halogens is 1. The fraction of sp³-hybridized carbons (Fsp3) is 1.00. The Balaban J connectivity index is 2.75. The van der Waals surface area contributed by atoms with Gasteiger partial charge in [0.05, 0.1) is 6.61 Å². The second kappa shape index (κ2) is 3.36. The summed E-state index contributed by atoms with van der Waals surface area (Å²) in [5, 5.41) is 16.1. The molecule has 0 aliphatic carbocycles. The summed E-state index contributed by atoms with van der Waals surface area (Å²) < 4.78 is 0. The van der Waals surface area contributed by atoms with Gasteiger partial charge in [0.2, 0.25) is 0 Å². The summed E-state index contributed by atoms with van der Waals surface area (Å²) >= 11 is 4.79. The van der Waals surface area contributed by atoms with Crippen molar-refractivity contribution in [3.63, 3.8) is 0 Å². The van der Waals surface area contributed by atoms with Crippen LogP contribution < -0.4 is 4.84 Å². The molecule has 0 aromatic heterocycles. The summed E-state index contributed by atoms with van der Waals surface area (Å²) in [5.41, 5.74) is 0. The van der Waals surface area contributed by atoms with Gasteiger partial charge in [-0.25, -0.2) is 4.84 Å². The van der Waals surface area contributed by atoms with Crippen molar-refractivity contribution in [2.24, 2.45) is 0 Å². The van der Waals surface area contributed by atoms with Gasteiger partial charge in [-0.05, 0) is 11.8 Å². The highest BCUT2D eigenvalue weighted by Gasteiger charge is 1.92. The first-order valence-electron chi connectivity index (χ1n) is 1.46. The molecule has 0 aliphatic heterocycles. The zero-order valence-electron chi connectivity index (χ0n) is 3.06. The molecule has 0 amide bonds. The molecule has 4 heteroatoms. The van der Waals surface area contributed by atoms with Gasteiger partial charge >= 0.3 is 0 Å². The quantitative estimate of drug-likeness (QED) is 0.318. The maximum Gasteiger partial charge on any atom is 0.141 e. The van der Waals surface area contributed by atoms with Crippen molar-refractivity contribution in [2.45, 2.75) is 6.23 Å². The SMILES string of the molecule is OC[C@@H](O)NCl. The van der Waals surface area contributed by atoms with Gasteiger partial charge in [-0.1, -0.05) is 0 Å². The van der Waals surface area contributed by atoms with Crippen LogP contribution in [0.3, 0.4) is 0 Å². The minimum atomic E-state index is -0.994. The average Bonchev–Trinajstić information content (AvgIpc) is 1.65. The number of hydrogen-bond donors (Lipinski definition) is 3. The first-order chi connectivity index (χ1) is 2.81. The van der Waals surface area contributed by atoms with E-state index in [1.165, 1.54) is 0 Å². The van der Waals surface area contributed by atoms with Crippen LogP contribution in [0.1, 0.15) is 0 Å². The Kier molecular flexibility index (Phi) is 3.46. The molecule has 0 radical (unpaired) electrons. The van der Waals surface area contributed by atoms with E-state index in [0.717, 1.165) is 0 Å². The fourth-order valence-corrected chi connectivity index (χ4v) is 0.104. The van der Waals surface area contributed by atoms with Crippen LogP contribution in [-0.4, -0.2) is 23.0 Å². The lowest BCUT2D eigenvalue weighted by Gasteiger charge is -1.98. The van der Waals surface area contributed by atoms with E-state index in [-0.39, 0.29) is 6.61 Å². The highest BCUT2D eigenvalue weighted by Crippen LogP contribution is 1.71. The van der Waals surface area contributed by atoms with Crippen molar-refractivity contribution in [1.29, 1.82) is 0 Å².